The number of methoxy groups -OCH3 is 1. The number of halogens is 1. The molecular weight excluding hydrogens is 257 g/mol. The van der Waals surface area contributed by atoms with E-state index in [4.69, 9.17) is 4.74 Å². The second kappa shape index (κ2) is 6.95. The van der Waals surface area contributed by atoms with E-state index < -0.39 is 0 Å². The molecule has 0 aliphatic carbocycles. The van der Waals surface area contributed by atoms with Crippen LogP contribution >= 0.6 is 0 Å². The monoisotopic (exact) mass is 279 g/mol. The standard InChI is InChI=1S/C16H22FNO2/c1-12(20-2)11-18-9-7-14(8-10-18)16(19)13-3-5-15(17)6-4-13/h3-6,12,14H,7-11H2,1-2H3/t12-/m0/s1. The molecule has 0 bridgehead atoms. The maximum absolute atomic E-state index is 12.9. The van der Waals surface area contributed by atoms with Crippen LogP contribution in [0.3, 0.4) is 0 Å². The van der Waals surface area contributed by atoms with Crippen molar-refractivity contribution < 1.29 is 13.9 Å². The minimum atomic E-state index is -0.301. The number of Topliss-reactive ketones (excluding diaryl/α,β-unsaturated/α-hetero) is 1. The molecule has 1 atom stereocenters. The molecule has 1 fully saturated rings. The van der Waals surface area contributed by atoms with Gasteiger partial charge in [-0.05, 0) is 57.1 Å². The van der Waals surface area contributed by atoms with Crippen molar-refractivity contribution in [2.24, 2.45) is 5.92 Å². The summed E-state index contributed by atoms with van der Waals surface area (Å²) in [5.41, 5.74) is 0.620. The Balaban J connectivity index is 1.87. The molecule has 1 aliphatic heterocycles. The number of piperidine rings is 1. The van der Waals surface area contributed by atoms with E-state index in [9.17, 15) is 9.18 Å². The highest BCUT2D eigenvalue weighted by Gasteiger charge is 2.26. The van der Waals surface area contributed by atoms with Crippen LogP contribution < -0.4 is 0 Å². The van der Waals surface area contributed by atoms with Crippen LogP contribution in [0.2, 0.25) is 0 Å². The van der Waals surface area contributed by atoms with Crippen molar-refractivity contribution >= 4 is 5.78 Å². The van der Waals surface area contributed by atoms with Gasteiger partial charge in [0.15, 0.2) is 5.78 Å². The highest BCUT2D eigenvalue weighted by molar-refractivity contribution is 5.97. The molecule has 0 amide bonds. The van der Waals surface area contributed by atoms with E-state index in [0.717, 1.165) is 32.5 Å². The van der Waals surface area contributed by atoms with Gasteiger partial charge in [0.05, 0.1) is 6.10 Å². The van der Waals surface area contributed by atoms with E-state index in [0.29, 0.717) is 5.56 Å². The SMILES string of the molecule is CO[C@@H](C)CN1CCC(C(=O)c2ccc(F)cc2)CC1. The maximum atomic E-state index is 12.9. The van der Waals surface area contributed by atoms with E-state index in [1.807, 2.05) is 0 Å². The molecule has 4 heteroatoms. The maximum Gasteiger partial charge on any atom is 0.166 e. The highest BCUT2D eigenvalue weighted by atomic mass is 19.1. The van der Waals surface area contributed by atoms with Gasteiger partial charge in [-0.2, -0.15) is 0 Å². The summed E-state index contributed by atoms with van der Waals surface area (Å²) < 4.78 is 18.1. The first kappa shape index (κ1) is 15.1. The Labute approximate surface area is 119 Å². The molecule has 3 nitrogen and oxygen atoms in total. The first-order valence-corrected chi connectivity index (χ1v) is 7.15. The molecule has 0 radical (unpaired) electrons. The Morgan fingerprint density at radius 1 is 1.35 bits per heavy atom. The van der Waals surface area contributed by atoms with Gasteiger partial charge in [0.2, 0.25) is 0 Å². The molecule has 0 aromatic heterocycles. The fraction of sp³-hybridized carbons (Fsp3) is 0.562. The Kier molecular flexibility index (Phi) is 5.26. The molecule has 20 heavy (non-hydrogen) atoms. The second-order valence-electron chi connectivity index (χ2n) is 5.49. The summed E-state index contributed by atoms with van der Waals surface area (Å²) >= 11 is 0. The third-order valence-electron chi connectivity index (χ3n) is 4.00. The molecule has 1 aromatic carbocycles. The third-order valence-corrected chi connectivity index (χ3v) is 4.00. The number of carbonyl (C=O) groups is 1. The highest BCUT2D eigenvalue weighted by Crippen LogP contribution is 2.22. The number of carbonyl (C=O) groups excluding carboxylic acids is 1. The molecule has 1 aliphatic rings. The number of rotatable bonds is 5. The van der Waals surface area contributed by atoms with Gasteiger partial charge in [-0.15, -0.1) is 0 Å². The smallest absolute Gasteiger partial charge is 0.166 e. The minimum Gasteiger partial charge on any atom is -0.380 e. The molecule has 1 heterocycles. The fourth-order valence-corrected chi connectivity index (χ4v) is 2.67. The van der Waals surface area contributed by atoms with Gasteiger partial charge < -0.3 is 9.64 Å². The summed E-state index contributed by atoms with van der Waals surface area (Å²) in [7, 11) is 1.72. The number of likely N-dealkylation sites (tertiary alicyclic amines) is 1. The molecular formula is C16H22FNO2. The lowest BCUT2D eigenvalue weighted by Crippen LogP contribution is -2.40. The van der Waals surface area contributed by atoms with Gasteiger partial charge in [-0.25, -0.2) is 4.39 Å². The number of nitrogens with zero attached hydrogens (tertiary/aromatic N) is 1. The quantitative estimate of drug-likeness (QED) is 0.776. The molecule has 110 valence electrons. The van der Waals surface area contributed by atoms with Crippen molar-refractivity contribution in [2.75, 3.05) is 26.7 Å². The average Bonchev–Trinajstić information content (AvgIpc) is 2.48. The number of hydrogen-bond donors (Lipinski definition) is 0. The number of ketones is 1. The lowest BCUT2D eigenvalue weighted by molar-refractivity contribution is 0.0584. The molecule has 1 saturated heterocycles. The Morgan fingerprint density at radius 2 is 1.95 bits per heavy atom. The van der Waals surface area contributed by atoms with Crippen molar-refractivity contribution in [3.8, 4) is 0 Å². The van der Waals surface area contributed by atoms with E-state index in [1.54, 1.807) is 19.2 Å². The normalized spacial score (nSPS) is 18.9. The van der Waals surface area contributed by atoms with Crippen LogP contribution in [0.4, 0.5) is 4.39 Å². The predicted octanol–water partition coefficient (Wildman–Crippen LogP) is 2.76. The van der Waals surface area contributed by atoms with Crippen molar-refractivity contribution in [3.05, 3.63) is 35.6 Å². The van der Waals surface area contributed by atoms with Crippen molar-refractivity contribution in [3.63, 3.8) is 0 Å². The third kappa shape index (κ3) is 3.87. The number of hydrogen-bond acceptors (Lipinski definition) is 3. The molecule has 0 spiro atoms. The van der Waals surface area contributed by atoms with Crippen LogP contribution in [0.1, 0.15) is 30.1 Å². The van der Waals surface area contributed by atoms with Gasteiger partial charge in [0.25, 0.3) is 0 Å². The number of benzene rings is 1. The number of ether oxygens (including phenoxy) is 1. The van der Waals surface area contributed by atoms with Crippen LogP contribution in [0, 0.1) is 11.7 Å². The van der Waals surface area contributed by atoms with E-state index >= 15 is 0 Å². The van der Waals surface area contributed by atoms with Crippen molar-refractivity contribution in [1.29, 1.82) is 0 Å². The minimum absolute atomic E-state index is 0.0644. The summed E-state index contributed by atoms with van der Waals surface area (Å²) in [6.07, 6.45) is 1.96. The van der Waals surface area contributed by atoms with E-state index in [1.165, 1.54) is 12.1 Å². The van der Waals surface area contributed by atoms with E-state index in [2.05, 4.69) is 11.8 Å². The summed E-state index contributed by atoms with van der Waals surface area (Å²) in [6.45, 7) is 4.81. The van der Waals surface area contributed by atoms with E-state index in [-0.39, 0.29) is 23.6 Å². The Hall–Kier alpha value is -1.26. The molecule has 1 aromatic rings. The Bertz CT molecular complexity index is 438. The van der Waals surface area contributed by atoms with Gasteiger partial charge in [-0.3, -0.25) is 4.79 Å². The van der Waals surface area contributed by atoms with Gasteiger partial charge in [0.1, 0.15) is 5.82 Å². The summed E-state index contributed by atoms with van der Waals surface area (Å²) in [6, 6.07) is 5.86. The van der Waals surface area contributed by atoms with Crippen molar-refractivity contribution in [1.82, 2.24) is 4.90 Å². The molecule has 0 N–H and O–H groups in total. The van der Waals surface area contributed by atoms with Gasteiger partial charge >= 0.3 is 0 Å². The topological polar surface area (TPSA) is 29.5 Å². The van der Waals surface area contributed by atoms with Crippen LogP contribution in [-0.2, 0) is 4.74 Å². The van der Waals surface area contributed by atoms with Crippen LogP contribution in [0.25, 0.3) is 0 Å². The zero-order chi connectivity index (χ0) is 14.5. The van der Waals surface area contributed by atoms with Crippen LogP contribution in [0.15, 0.2) is 24.3 Å². The van der Waals surface area contributed by atoms with Gasteiger partial charge in [0, 0.05) is 25.1 Å². The van der Waals surface area contributed by atoms with Crippen molar-refractivity contribution in [2.45, 2.75) is 25.9 Å². The first-order valence-electron chi connectivity index (χ1n) is 7.15. The summed E-state index contributed by atoms with van der Waals surface area (Å²) in [4.78, 5) is 14.7. The lowest BCUT2D eigenvalue weighted by atomic mass is 9.89. The zero-order valence-electron chi connectivity index (χ0n) is 12.1. The first-order chi connectivity index (χ1) is 9.60. The van der Waals surface area contributed by atoms with Gasteiger partial charge in [-0.1, -0.05) is 0 Å². The molecule has 2 rings (SSSR count). The molecule has 0 saturated carbocycles. The lowest BCUT2D eigenvalue weighted by Gasteiger charge is -2.32. The largest absolute Gasteiger partial charge is 0.380 e. The second-order valence-corrected chi connectivity index (χ2v) is 5.49. The predicted molar refractivity (Wildman–Crippen MR) is 76.4 cm³/mol. The van der Waals surface area contributed by atoms with Crippen LogP contribution in [0.5, 0.6) is 0 Å². The Morgan fingerprint density at radius 3 is 2.50 bits per heavy atom. The fourth-order valence-electron chi connectivity index (χ4n) is 2.67. The zero-order valence-corrected chi connectivity index (χ0v) is 12.1. The molecule has 0 unspecified atom stereocenters. The average molecular weight is 279 g/mol. The summed E-state index contributed by atoms with van der Waals surface area (Å²) in [5.74, 6) is -0.0936. The van der Waals surface area contributed by atoms with Crippen LogP contribution in [-0.4, -0.2) is 43.5 Å². The summed E-state index contributed by atoms with van der Waals surface area (Å²) in [5, 5.41) is 0.